The Kier molecular flexibility index (Phi) is 8.54. The lowest BCUT2D eigenvalue weighted by Crippen LogP contribution is -2.14. The highest BCUT2D eigenvalue weighted by Crippen LogP contribution is 2.02. The monoisotopic (exact) mass is 177 g/mol. The van der Waals surface area contributed by atoms with Crippen LogP contribution in [0.5, 0.6) is 0 Å². The maximum absolute atomic E-state index is 5.93. The van der Waals surface area contributed by atoms with Crippen molar-refractivity contribution in [3.8, 4) is 0 Å². The summed E-state index contributed by atoms with van der Waals surface area (Å²) in [5.41, 5.74) is 0. The first-order chi connectivity index (χ1) is 5.31. The number of hydrogen-bond donors (Lipinski definition) is 0. The first kappa shape index (κ1) is 11.2. The summed E-state index contributed by atoms with van der Waals surface area (Å²) in [6.07, 6.45) is 6.27. The van der Waals surface area contributed by atoms with Crippen molar-refractivity contribution >= 4 is 11.8 Å². The highest BCUT2D eigenvalue weighted by Gasteiger charge is 1.97. The maximum atomic E-state index is 5.93. The van der Waals surface area contributed by atoms with Gasteiger partial charge in [0.25, 0.3) is 0 Å². The quantitative estimate of drug-likeness (QED) is 0.426. The zero-order valence-electron chi connectivity index (χ0n) is 7.77. The van der Waals surface area contributed by atoms with Crippen LogP contribution < -0.4 is 0 Å². The predicted octanol–water partition coefficient (Wildman–Crippen LogP) is 3.43. The van der Waals surface area contributed by atoms with Gasteiger partial charge in [0.1, 0.15) is 0 Å². The summed E-state index contributed by atoms with van der Waals surface area (Å²) in [7, 11) is 0. The molecule has 0 aliphatic carbocycles. The number of nitrogens with zero attached hydrogens (tertiary/aromatic N) is 1. The van der Waals surface area contributed by atoms with Crippen LogP contribution in [-0.2, 0) is 0 Å². The van der Waals surface area contributed by atoms with Gasteiger partial charge in [-0.05, 0) is 24.6 Å². The van der Waals surface area contributed by atoms with E-state index >= 15 is 0 Å². The predicted molar refractivity (Wildman–Crippen MR) is 51.9 cm³/mol. The van der Waals surface area contributed by atoms with E-state index in [2.05, 4.69) is 13.8 Å². The molecular weight excluding hydrogens is 158 g/mol. The number of rotatable bonds is 7. The molecule has 0 amide bonds. The van der Waals surface area contributed by atoms with Crippen molar-refractivity contribution < 1.29 is 0 Å². The Balaban J connectivity index is 3.02. The average Bonchev–Trinajstić information content (AvgIpc) is 2.01. The second-order valence-electron chi connectivity index (χ2n) is 2.97. The third-order valence-corrected chi connectivity index (χ3v) is 2.10. The van der Waals surface area contributed by atoms with E-state index in [0.29, 0.717) is 0 Å². The Morgan fingerprint density at radius 2 is 1.45 bits per heavy atom. The van der Waals surface area contributed by atoms with Gasteiger partial charge in [0, 0.05) is 13.1 Å². The van der Waals surface area contributed by atoms with Crippen LogP contribution in [-0.4, -0.2) is 17.5 Å². The van der Waals surface area contributed by atoms with Crippen molar-refractivity contribution in [2.45, 2.75) is 46.0 Å². The first-order valence-electron chi connectivity index (χ1n) is 4.72. The molecule has 0 aliphatic heterocycles. The van der Waals surface area contributed by atoms with Crippen molar-refractivity contribution in [3.05, 3.63) is 0 Å². The molecule has 68 valence electrons. The van der Waals surface area contributed by atoms with Crippen LogP contribution >= 0.6 is 11.8 Å². The molecule has 0 radical (unpaired) electrons. The molecule has 0 saturated carbocycles. The molecule has 0 aromatic carbocycles. The Morgan fingerprint density at radius 1 is 0.909 bits per heavy atom. The fourth-order valence-electron chi connectivity index (χ4n) is 0.975. The summed E-state index contributed by atoms with van der Waals surface area (Å²) in [6, 6.07) is 0. The topological polar surface area (TPSA) is 3.24 Å². The largest absolute Gasteiger partial charge is 0.220 e. The third-order valence-electron chi connectivity index (χ3n) is 1.76. The van der Waals surface area contributed by atoms with E-state index in [4.69, 9.17) is 11.8 Å². The zero-order valence-corrected chi connectivity index (χ0v) is 8.53. The molecule has 0 aliphatic rings. The smallest absolute Gasteiger partial charge is 0.0139 e. The van der Waals surface area contributed by atoms with Gasteiger partial charge in [0.2, 0.25) is 0 Å². The fraction of sp³-hybridized carbons (Fsp3) is 1.00. The van der Waals surface area contributed by atoms with E-state index in [9.17, 15) is 0 Å². The van der Waals surface area contributed by atoms with Crippen molar-refractivity contribution in [2.75, 3.05) is 13.1 Å². The number of unbranched alkanes of at least 4 members (excludes halogenated alkanes) is 3. The van der Waals surface area contributed by atoms with Gasteiger partial charge >= 0.3 is 0 Å². The van der Waals surface area contributed by atoms with Gasteiger partial charge in [-0.3, -0.25) is 0 Å². The van der Waals surface area contributed by atoms with E-state index in [1.165, 1.54) is 32.1 Å². The zero-order chi connectivity index (χ0) is 8.53. The lowest BCUT2D eigenvalue weighted by molar-refractivity contribution is 0.425. The molecule has 11 heavy (non-hydrogen) atoms. The van der Waals surface area contributed by atoms with Crippen molar-refractivity contribution in [1.82, 2.24) is 4.42 Å². The van der Waals surface area contributed by atoms with Crippen molar-refractivity contribution in [1.29, 1.82) is 0 Å². The van der Waals surface area contributed by atoms with Gasteiger partial charge in [0.05, 0.1) is 0 Å². The maximum Gasteiger partial charge on any atom is 0.0139 e. The molecule has 0 heterocycles. The molecule has 0 aromatic heterocycles. The molecule has 0 atom stereocenters. The molecule has 0 rings (SSSR count). The molecule has 0 fully saturated rings. The SMILES string of the molecule is CCCCCN(Cl)CCCC. The lowest BCUT2D eigenvalue weighted by Gasteiger charge is -2.11. The van der Waals surface area contributed by atoms with Gasteiger partial charge in [-0.2, -0.15) is 0 Å². The molecule has 0 spiro atoms. The Hall–Kier alpha value is 0.250. The fourth-order valence-corrected chi connectivity index (χ4v) is 1.21. The highest BCUT2D eigenvalue weighted by atomic mass is 35.5. The second-order valence-corrected chi connectivity index (χ2v) is 3.45. The van der Waals surface area contributed by atoms with Crippen LogP contribution in [0.15, 0.2) is 0 Å². The third kappa shape index (κ3) is 8.15. The summed E-state index contributed by atoms with van der Waals surface area (Å²) < 4.78 is 1.92. The number of halogens is 1. The van der Waals surface area contributed by atoms with Crippen molar-refractivity contribution in [2.24, 2.45) is 0 Å². The van der Waals surface area contributed by atoms with Crippen LogP contribution in [0.25, 0.3) is 0 Å². The summed E-state index contributed by atoms with van der Waals surface area (Å²) in [6.45, 7) is 6.50. The van der Waals surface area contributed by atoms with Gasteiger partial charge < -0.3 is 0 Å². The van der Waals surface area contributed by atoms with Gasteiger partial charge in [0.15, 0.2) is 0 Å². The van der Waals surface area contributed by atoms with Gasteiger partial charge in [-0.25, -0.2) is 4.42 Å². The molecular formula is C9H20ClN. The molecule has 0 saturated heterocycles. The molecule has 2 heteroatoms. The van der Waals surface area contributed by atoms with Crippen LogP contribution in [0.1, 0.15) is 46.0 Å². The molecule has 1 nitrogen and oxygen atoms in total. The minimum atomic E-state index is 1.04. The lowest BCUT2D eigenvalue weighted by atomic mass is 10.2. The first-order valence-corrected chi connectivity index (χ1v) is 5.05. The van der Waals surface area contributed by atoms with Crippen LogP contribution in [0, 0.1) is 0 Å². The van der Waals surface area contributed by atoms with Crippen LogP contribution in [0.3, 0.4) is 0 Å². The van der Waals surface area contributed by atoms with E-state index in [1.54, 1.807) is 0 Å². The summed E-state index contributed by atoms with van der Waals surface area (Å²) in [4.78, 5) is 0. The minimum absolute atomic E-state index is 1.04. The Morgan fingerprint density at radius 3 is 2.00 bits per heavy atom. The number of hydrogen-bond acceptors (Lipinski definition) is 1. The second kappa shape index (κ2) is 8.35. The van der Waals surface area contributed by atoms with Crippen molar-refractivity contribution in [3.63, 3.8) is 0 Å². The molecule has 0 unspecified atom stereocenters. The minimum Gasteiger partial charge on any atom is -0.220 e. The van der Waals surface area contributed by atoms with E-state index in [0.717, 1.165) is 13.1 Å². The van der Waals surface area contributed by atoms with Gasteiger partial charge in [-0.15, -0.1) is 0 Å². The van der Waals surface area contributed by atoms with E-state index < -0.39 is 0 Å². The average molecular weight is 178 g/mol. The standard InChI is InChI=1S/C9H20ClN/c1-3-5-7-9-11(10)8-6-4-2/h3-9H2,1-2H3. The molecule has 0 N–H and O–H groups in total. The van der Waals surface area contributed by atoms with E-state index in [1.807, 2.05) is 4.42 Å². The molecule has 0 aromatic rings. The van der Waals surface area contributed by atoms with Crippen LogP contribution in [0.4, 0.5) is 0 Å². The summed E-state index contributed by atoms with van der Waals surface area (Å²) in [5, 5.41) is 0. The molecule has 0 bridgehead atoms. The van der Waals surface area contributed by atoms with Crippen LogP contribution in [0.2, 0.25) is 0 Å². The van der Waals surface area contributed by atoms with E-state index in [-0.39, 0.29) is 0 Å². The summed E-state index contributed by atoms with van der Waals surface area (Å²) >= 11 is 5.93. The normalized spacial score (nSPS) is 10.9. The highest BCUT2D eigenvalue weighted by molar-refractivity contribution is 6.13. The van der Waals surface area contributed by atoms with Gasteiger partial charge in [-0.1, -0.05) is 33.1 Å². The Bertz CT molecular complexity index is 76.0. The Labute approximate surface area is 75.8 Å². The summed E-state index contributed by atoms with van der Waals surface area (Å²) in [5.74, 6) is 0.